The fourth-order valence-electron chi connectivity index (χ4n) is 2.92. The van der Waals surface area contributed by atoms with E-state index in [1.807, 2.05) is 30.3 Å². The van der Waals surface area contributed by atoms with E-state index < -0.39 is 18.1 Å². The maximum Gasteiger partial charge on any atom is 0.341 e. The van der Waals surface area contributed by atoms with Crippen molar-refractivity contribution in [2.24, 2.45) is 0 Å². The summed E-state index contributed by atoms with van der Waals surface area (Å²) in [4.78, 5) is 16.1. The predicted molar refractivity (Wildman–Crippen MR) is 99.4 cm³/mol. The standard InChI is InChI=1S/C21H15ClFNO4/c22-19-17(7-4-8-24-19)20(25)26-11-14-9-16(23)10-15-12-27-21(28-18(14)15)13-5-2-1-3-6-13/h1-10,21H,11-12H2/t21-/m0/s1. The van der Waals surface area contributed by atoms with Gasteiger partial charge in [0.05, 0.1) is 12.2 Å². The third-order valence-electron chi connectivity index (χ3n) is 4.23. The molecule has 3 aromatic rings. The van der Waals surface area contributed by atoms with Gasteiger partial charge < -0.3 is 14.2 Å². The Hall–Kier alpha value is -2.96. The van der Waals surface area contributed by atoms with E-state index >= 15 is 0 Å². The molecule has 7 heteroatoms. The normalized spacial score (nSPS) is 15.4. The van der Waals surface area contributed by atoms with Gasteiger partial charge in [0.1, 0.15) is 23.3 Å². The number of fused-ring (bicyclic) bond motifs is 1. The molecule has 0 fully saturated rings. The van der Waals surface area contributed by atoms with Gasteiger partial charge in [0.2, 0.25) is 6.29 Å². The minimum absolute atomic E-state index is 0.0440. The third kappa shape index (κ3) is 3.83. The van der Waals surface area contributed by atoms with Crippen LogP contribution in [0, 0.1) is 5.82 Å². The first-order valence-corrected chi connectivity index (χ1v) is 8.92. The number of rotatable bonds is 4. The lowest BCUT2D eigenvalue weighted by molar-refractivity contribution is -0.112. The Labute approximate surface area is 165 Å². The minimum atomic E-state index is -0.650. The van der Waals surface area contributed by atoms with Crippen molar-refractivity contribution in [1.82, 2.24) is 4.98 Å². The molecule has 0 unspecified atom stereocenters. The van der Waals surface area contributed by atoms with Crippen LogP contribution in [0.4, 0.5) is 4.39 Å². The first kappa shape index (κ1) is 18.4. The van der Waals surface area contributed by atoms with Gasteiger partial charge in [0.25, 0.3) is 0 Å². The lowest BCUT2D eigenvalue weighted by Crippen LogP contribution is -2.20. The Morgan fingerprint density at radius 1 is 1.21 bits per heavy atom. The van der Waals surface area contributed by atoms with Gasteiger partial charge in [0.15, 0.2) is 0 Å². The number of nitrogens with zero attached hydrogens (tertiary/aromatic N) is 1. The van der Waals surface area contributed by atoms with E-state index in [4.69, 9.17) is 25.8 Å². The highest BCUT2D eigenvalue weighted by molar-refractivity contribution is 6.32. The molecule has 142 valence electrons. The summed E-state index contributed by atoms with van der Waals surface area (Å²) in [6.45, 7) is 0.00763. The maximum atomic E-state index is 14.0. The summed E-state index contributed by atoms with van der Waals surface area (Å²) in [5.74, 6) is -0.663. The highest BCUT2D eigenvalue weighted by atomic mass is 35.5. The lowest BCUT2D eigenvalue weighted by atomic mass is 10.1. The van der Waals surface area contributed by atoms with Gasteiger partial charge in [-0.15, -0.1) is 0 Å². The topological polar surface area (TPSA) is 57.7 Å². The molecule has 1 atom stereocenters. The number of aromatic nitrogens is 1. The summed E-state index contributed by atoms with van der Waals surface area (Å²) in [5.41, 5.74) is 1.94. The van der Waals surface area contributed by atoms with E-state index in [0.29, 0.717) is 16.9 Å². The van der Waals surface area contributed by atoms with Gasteiger partial charge in [-0.1, -0.05) is 41.9 Å². The summed E-state index contributed by atoms with van der Waals surface area (Å²) in [6.07, 6.45) is 0.848. The molecule has 1 aliphatic heterocycles. The van der Waals surface area contributed by atoms with Crippen molar-refractivity contribution in [2.45, 2.75) is 19.5 Å². The van der Waals surface area contributed by atoms with Crippen LogP contribution in [0.25, 0.3) is 0 Å². The Morgan fingerprint density at radius 2 is 2.04 bits per heavy atom. The van der Waals surface area contributed by atoms with E-state index in [1.165, 1.54) is 24.4 Å². The van der Waals surface area contributed by atoms with Crippen molar-refractivity contribution in [3.05, 3.63) is 94.0 Å². The molecule has 1 aliphatic rings. The monoisotopic (exact) mass is 399 g/mol. The number of pyridine rings is 1. The zero-order valence-electron chi connectivity index (χ0n) is 14.6. The SMILES string of the molecule is O=C(OCc1cc(F)cc2c1O[C@@H](c1ccccc1)OC2)c1cccnc1Cl. The maximum absolute atomic E-state index is 14.0. The van der Waals surface area contributed by atoms with E-state index in [2.05, 4.69) is 4.98 Å². The Kier molecular flexibility index (Phi) is 5.23. The van der Waals surface area contributed by atoms with E-state index in [-0.39, 0.29) is 23.9 Å². The second kappa shape index (κ2) is 7.96. The van der Waals surface area contributed by atoms with Crippen LogP contribution in [0.5, 0.6) is 5.75 Å². The highest BCUT2D eigenvalue weighted by Gasteiger charge is 2.26. The molecular formula is C21H15ClFNO4. The number of benzene rings is 2. The van der Waals surface area contributed by atoms with Crippen LogP contribution in [0.15, 0.2) is 60.8 Å². The Bertz CT molecular complexity index is 1010. The van der Waals surface area contributed by atoms with Gasteiger partial charge in [-0.05, 0) is 24.3 Å². The third-order valence-corrected chi connectivity index (χ3v) is 4.53. The summed E-state index contributed by atoms with van der Waals surface area (Å²) >= 11 is 5.92. The average molecular weight is 400 g/mol. The van der Waals surface area contributed by atoms with Gasteiger partial charge in [-0.2, -0.15) is 0 Å². The largest absolute Gasteiger partial charge is 0.460 e. The Balaban J connectivity index is 1.56. The number of hydrogen-bond acceptors (Lipinski definition) is 5. The number of halogens is 2. The number of esters is 1. The fraction of sp³-hybridized carbons (Fsp3) is 0.143. The molecule has 0 radical (unpaired) electrons. The zero-order valence-corrected chi connectivity index (χ0v) is 15.4. The quantitative estimate of drug-likeness (QED) is 0.464. The van der Waals surface area contributed by atoms with Crippen LogP contribution in [-0.2, 0) is 22.7 Å². The minimum Gasteiger partial charge on any atom is -0.460 e. The second-order valence-electron chi connectivity index (χ2n) is 6.14. The van der Waals surface area contributed by atoms with Crippen molar-refractivity contribution in [3.63, 3.8) is 0 Å². The average Bonchev–Trinajstić information content (AvgIpc) is 2.72. The molecule has 5 nitrogen and oxygen atoms in total. The highest BCUT2D eigenvalue weighted by Crippen LogP contribution is 2.37. The van der Waals surface area contributed by atoms with Crippen molar-refractivity contribution < 1.29 is 23.4 Å². The smallest absolute Gasteiger partial charge is 0.341 e. The molecule has 2 aromatic carbocycles. The van der Waals surface area contributed by atoms with Crippen LogP contribution in [0.1, 0.15) is 33.3 Å². The van der Waals surface area contributed by atoms with E-state index in [0.717, 1.165) is 5.56 Å². The van der Waals surface area contributed by atoms with E-state index in [9.17, 15) is 9.18 Å². The first-order valence-electron chi connectivity index (χ1n) is 8.54. The van der Waals surface area contributed by atoms with Crippen molar-refractivity contribution in [2.75, 3.05) is 0 Å². The number of carbonyl (C=O) groups excluding carboxylic acids is 1. The molecule has 0 aliphatic carbocycles. The number of ether oxygens (including phenoxy) is 3. The Morgan fingerprint density at radius 3 is 2.82 bits per heavy atom. The molecule has 2 heterocycles. The molecule has 0 amide bonds. The molecular weight excluding hydrogens is 385 g/mol. The van der Waals surface area contributed by atoms with Crippen LogP contribution in [-0.4, -0.2) is 11.0 Å². The summed E-state index contributed by atoms with van der Waals surface area (Å²) in [6, 6.07) is 15.1. The van der Waals surface area contributed by atoms with Crippen LogP contribution in [0.3, 0.4) is 0 Å². The summed E-state index contributed by atoms with van der Waals surface area (Å²) < 4.78 is 30.9. The molecule has 0 saturated carbocycles. The molecule has 0 bridgehead atoms. The van der Waals surface area contributed by atoms with Gasteiger partial charge >= 0.3 is 5.97 Å². The first-order chi connectivity index (χ1) is 13.6. The summed E-state index contributed by atoms with van der Waals surface area (Å²) in [5, 5.41) is 0.0440. The van der Waals surface area contributed by atoms with Crippen LogP contribution >= 0.6 is 11.6 Å². The molecule has 28 heavy (non-hydrogen) atoms. The van der Waals surface area contributed by atoms with Gasteiger partial charge in [-0.3, -0.25) is 0 Å². The predicted octanol–water partition coefficient (Wildman–Crippen LogP) is 4.84. The van der Waals surface area contributed by atoms with Crippen LogP contribution in [0.2, 0.25) is 5.15 Å². The molecule has 1 aromatic heterocycles. The van der Waals surface area contributed by atoms with Crippen molar-refractivity contribution in [1.29, 1.82) is 0 Å². The molecule has 0 spiro atoms. The van der Waals surface area contributed by atoms with Crippen molar-refractivity contribution >= 4 is 17.6 Å². The van der Waals surface area contributed by atoms with Gasteiger partial charge in [-0.25, -0.2) is 14.2 Å². The van der Waals surface area contributed by atoms with Gasteiger partial charge in [0, 0.05) is 22.9 Å². The second-order valence-corrected chi connectivity index (χ2v) is 6.50. The van der Waals surface area contributed by atoms with Crippen LogP contribution < -0.4 is 4.74 Å². The summed E-state index contributed by atoms with van der Waals surface area (Å²) in [7, 11) is 0. The van der Waals surface area contributed by atoms with E-state index in [1.54, 1.807) is 6.07 Å². The lowest BCUT2D eigenvalue weighted by Gasteiger charge is -2.28. The molecule has 4 rings (SSSR count). The fourth-order valence-corrected chi connectivity index (χ4v) is 3.11. The van der Waals surface area contributed by atoms with Crippen molar-refractivity contribution in [3.8, 4) is 5.75 Å². The molecule has 0 saturated heterocycles. The number of hydrogen-bond donors (Lipinski definition) is 0. The number of carbonyl (C=O) groups is 1. The molecule has 0 N–H and O–H groups in total. The zero-order chi connectivity index (χ0) is 19.5.